The van der Waals surface area contributed by atoms with E-state index in [-0.39, 0.29) is 0 Å². The minimum atomic E-state index is 0.919. The summed E-state index contributed by atoms with van der Waals surface area (Å²) in [7, 11) is 0. The van der Waals surface area contributed by atoms with Crippen LogP contribution in [0.5, 0.6) is 0 Å². The maximum atomic E-state index is 5.08. The summed E-state index contributed by atoms with van der Waals surface area (Å²) in [5.41, 5.74) is 0. The van der Waals surface area contributed by atoms with Gasteiger partial charge in [-0.3, -0.25) is 5.32 Å². The van der Waals surface area contributed by atoms with E-state index in [1.807, 2.05) is 0 Å². The highest BCUT2D eigenvalue weighted by Crippen LogP contribution is 2.10. The average Bonchev–Trinajstić information content (AvgIpc) is 1.89. The second-order valence-electron chi connectivity index (χ2n) is 1.82. The summed E-state index contributed by atoms with van der Waals surface area (Å²) in [6, 6.07) is 0. The lowest BCUT2D eigenvalue weighted by Crippen LogP contribution is -2.41. The van der Waals surface area contributed by atoms with Gasteiger partial charge in [0.05, 0.1) is 12.5 Å². The minimum Gasteiger partial charge on any atom is -0.345 e. The quantitative estimate of drug-likeness (QED) is 0.575. The van der Waals surface area contributed by atoms with Gasteiger partial charge in [-0.05, 0) is 6.92 Å². The smallest absolute Gasteiger partial charge is 0.138 e. The van der Waals surface area contributed by atoms with E-state index in [4.69, 9.17) is 12.2 Å². The largest absolute Gasteiger partial charge is 0.345 e. The molecule has 0 aromatic heterocycles. The molecule has 1 rings (SSSR count). The molecule has 1 N–H and O–H groups in total. The Hall–Kier alpha value is 0.200. The number of hydrogen-bond acceptors (Lipinski definition) is 3. The van der Waals surface area contributed by atoms with Gasteiger partial charge in [0, 0.05) is 6.54 Å². The SMILES string of the molecule is CCN1CNCSC1=S. The van der Waals surface area contributed by atoms with Gasteiger partial charge in [0.25, 0.3) is 0 Å². The van der Waals surface area contributed by atoms with Crippen LogP contribution >= 0.6 is 24.0 Å². The minimum absolute atomic E-state index is 0.919. The first-order valence-electron chi connectivity index (χ1n) is 2.97. The molecule has 0 unspecified atom stereocenters. The van der Waals surface area contributed by atoms with Gasteiger partial charge in [-0.15, -0.1) is 0 Å². The molecule has 9 heavy (non-hydrogen) atoms. The maximum Gasteiger partial charge on any atom is 0.138 e. The molecule has 1 heterocycles. The van der Waals surface area contributed by atoms with Crippen LogP contribution in [0.25, 0.3) is 0 Å². The van der Waals surface area contributed by atoms with Crippen molar-refractivity contribution in [2.24, 2.45) is 0 Å². The van der Waals surface area contributed by atoms with Crippen molar-refractivity contribution in [3.05, 3.63) is 0 Å². The number of thiocarbonyl (C=S) groups is 1. The van der Waals surface area contributed by atoms with E-state index in [1.165, 1.54) is 0 Å². The lowest BCUT2D eigenvalue weighted by atomic mass is 10.6. The molecule has 1 aliphatic rings. The number of rotatable bonds is 1. The zero-order valence-electron chi connectivity index (χ0n) is 5.39. The standard InChI is InChI=1S/C5H10N2S2/c1-2-7-3-6-4-9-5(7)8/h6H,2-4H2,1H3. The molecule has 0 atom stereocenters. The van der Waals surface area contributed by atoms with Gasteiger partial charge in [0.1, 0.15) is 4.32 Å². The zero-order valence-corrected chi connectivity index (χ0v) is 7.02. The van der Waals surface area contributed by atoms with Crippen LogP contribution in [0.15, 0.2) is 0 Å². The Bertz CT molecular complexity index is 116. The van der Waals surface area contributed by atoms with E-state index in [2.05, 4.69) is 17.1 Å². The third-order valence-corrected chi connectivity index (χ3v) is 2.71. The van der Waals surface area contributed by atoms with Crippen molar-refractivity contribution in [2.45, 2.75) is 6.92 Å². The molecule has 0 aliphatic carbocycles. The molecule has 1 saturated heterocycles. The lowest BCUT2D eigenvalue weighted by molar-refractivity contribution is 0.419. The summed E-state index contributed by atoms with van der Waals surface area (Å²) in [6.45, 7) is 4.04. The van der Waals surface area contributed by atoms with Crippen molar-refractivity contribution in [3.63, 3.8) is 0 Å². The van der Waals surface area contributed by atoms with Crippen LogP contribution in [0.3, 0.4) is 0 Å². The first kappa shape index (κ1) is 7.31. The molecule has 2 nitrogen and oxygen atoms in total. The summed E-state index contributed by atoms with van der Waals surface area (Å²) in [5.74, 6) is 0.968. The number of thioether (sulfide) groups is 1. The second kappa shape index (κ2) is 3.39. The van der Waals surface area contributed by atoms with E-state index >= 15 is 0 Å². The molecule has 0 spiro atoms. The Balaban J connectivity index is 2.39. The molecule has 1 fully saturated rings. The predicted octanol–water partition coefficient (Wildman–Crippen LogP) is 0.845. The van der Waals surface area contributed by atoms with Gasteiger partial charge in [-0.25, -0.2) is 0 Å². The van der Waals surface area contributed by atoms with Gasteiger partial charge < -0.3 is 4.90 Å². The Morgan fingerprint density at radius 3 is 3.11 bits per heavy atom. The Kier molecular flexibility index (Phi) is 2.75. The zero-order chi connectivity index (χ0) is 6.69. The van der Waals surface area contributed by atoms with Crippen LogP contribution in [0.1, 0.15) is 6.92 Å². The molecule has 0 amide bonds. The van der Waals surface area contributed by atoms with E-state index in [1.54, 1.807) is 11.8 Å². The van der Waals surface area contributed by atoms with Crippen molar-refractivity contribution in [2.75, 3.05) is 19.1 Å². The van der Waals surface area contributed by atoms with Crippen LogP contribution in [0.4, 0.5) is 0 Å². The van der Waals surface area contributed by atoms with E-state index in [0.717, 1.165) is 23.4 Å². The van der Waals surface area contributed by atoms with Gasteiger partial charge in [-0.1, -0.05) is 24.0 Å². The molecular weight excluding hydrogens is 152 g/mol. The molecule has 0 aromatic carbocycles. The van der Waals surface area contributed by atoms with Crippen molar-refractivity contribution >= 4 is 28.3 Å². The molecule has 1 aliphatic heterocycles. The molecule has 52 valence electrons. The number of hydrogen-bond donors (Lipinski definition) is 1. The molecule has 0 bridgehead atoms. The number of nitrogens with zero attached hydrogens (tertiary/aromatic N) is 1. The molecule has 4 heteroatoms. The third kappa shape index (κ3) is 1.81. The van der Waals surface area contributed by atoms with Gasteiger partial charge in [0.2, 0.25) is 0 Å². The van der Waals surface area contributed by atoms with Crippen molar-refractivity contribution < 1.29 is 0 Å². The highest BCUT2D eigenvalue weighted by Gasteiger charge is 2.11. The molecule has 0 aromatic rings. The fourth-order valence-electron chi connectivity index (χ4n) is 0.690. The normalized spacial score (nSPS) is 20.6. The number of nitrogens with one attached hydrogen (secondary N) is 1. The summed E-state index contributed by atoms with van der Waals surface area (Å²) in [6.07, 6.45) is 0. The van der Waals surface area contributed by atoms with Crippen molar-refractivity contribution in [1.82, 2.24) is 10.2 Å². The van der Waals surface area contributed by atoms with Gasteiger partial charge in [0.15, 0.2) is 0 Å². The fraction of sp³-hybridized carbons (Fsp3) is 0.800. The lowest BCUT2D eigenvalue weighted by Gasteiger charge is -2.27. The van der Waals surface area contributed by atoms with Gasteiger partial charge >= 0.3 is 0 Å². The first-order chi connectivity index (χ1) is 4.34. The van der Waals surface area contributed by atoms with E-state index in [9.17, 15) is 0 Å². The average molecular weight is 162 g/mol. The van der Waals surface area contributed by atoms with Crippen LogP contribution in [-0.4, -0.2) is 28.3 Å². The highest BCUT2D eigenvalue weighted by molar-refractivity contribution is 8.22. The molecule has 0 saturated carbocycles. The Morgan fingerprint density at radius 2 is 2.67 bits per heavy atom. The Morgan fingerprint density at radius 1 is 1.89 bits per heavy atom. The predicted molar refractivity (Wildman–Crippen MR) is 45.4 cm³/mol. The molecule has 0 radical (unpaired) electrons. The fourth-order valence-corrected chi connectivity index (χ4v) is 1.75. The summed E-state index contributed by atoms with van der Waals surface area (Å²) in [4.78, 5) is 2.14. The highest BCUT2D eigenvalue weighted by atomic mass is 32.2. The first-order valence-corrected chi connectivity index (χ1v) is 4.36. The van der Waals surface area contributed by atoms with Crippen LogP contribution in [0, 0.1) is 0 Å². The second-order valence-corrected chi connectivity index (χ2v) is 3.43. The summed E-state index contributed by atoms with van der Waals surface area (Å²) >= 11 is 6.77. The Labute approximate surface area is 65.0 Å². The summed E-state index contributed by atoms with van der Waals surface area (Å²) in [5, 5.41) is 3.22. The maximum absolute atomic E-state index is 5.08. The third-order valence-electron chi connectivity index (χ3n) is 1.24. The molecular formula is C5H10N2S2. The van der Waals surface area contributed by atoms with E-state index in [0.29, 0.717) is 0 Å². The van der Waals surface area contributed by atoms with Gasteiger partial charge in [-0.2, -0.15) is 0 Å². The van der Waals surface area contributed by atoms with E-state index < -0.39 is 0 Å². The van der Waals surface area contributed by atoms with Crippen molar-refractivity contribution in [1.29, 1.82) is 0 Å². The summed E-state index contributed by atoms with van der Waals surface area (Å²) < 4.78 is 1.02. The van der Waals surface area contributed by atoms with Crippen LogP contribution in [-0.2, 0) is 0 Å². The van der Waals surface area contributed by atoms with Crippen LogP contribution in [0.2, 0.25) is 0 Å². The van der Waals surface area contributed by atoms with Crippen LogP contribution < -0.4 is 5.32 Å². The monoisotopic (exact) mass is 162 g/mol. The van der Waals surface area contributed by atoms with Crippen molar-refractivity contribution in [3.8, 4) is 0 Å². The topological polar surface area (TPSA) is 15.3 Å².